The molecule has 2 aromatic heterocycles. The molecular formula is C9H7BrFKN2O2. The molecule has 0 fully saturated rings. The van der Waals surface area contributed by atoms with Crippen molar-refractivity contribution in [3.05, 3.63) is 28.4 Å². The molecule has 2 heterocycles. The van der Waals surface area contributed by atoms with Crippen LogP contribution in [0.15, 0.2) is 17.0 Å². The second-order valence-corrected chi connectivity index (χ2v) is 3.78. The average Bonchev–Trinajstić information content (AvgIpc) is 2.56. The number of fused-ring (bicyclic) bond motifs is 1. The number of halogens is 2. The van der Waals surface area contributed by atoms with Crippen LogP contribution in [0, 0.1) is 5.82 Å². The third kappa shape index (κ3) is 2.72. The minimum absolute atomic E-state index is 0. The Bertz CT molecular complexity index is 544. The Hall–Kier alpha value is 0.206. The number of nitrogens with zero attached hydrogens (tertiary/aromatic N) is 1. The summed E-state index contributed by atoms with van der Waals surface area (Å²) in [4.78, 5) is 17.1. The average molecular weight is 313 g/mol. The number of nitrogens with one attached hydrogen (secondary N) is 1. The van der Waals surface area contributed by atoms with Gasteiger partial charge >= 0.3 is 57.4 Å². The normalized spacial score (nSPS) is 10.1. The van der Waals surface area contributed by atoms with Gasteiger partial charge in [-0.1, -0.05) is 0 Å². The first-order valence-electron chi connectivity index (χ1n) is 4.11. The summed E-state index contributed by atoms with van der Waals surface area (Å²) in [6.07, 6.45) is 2.33. The van der Waals surface area contributed by atoms with Crippen LogP contribution < -0.4 is 0 Å². The molecule has 0 spiro atoms. The van der Waals surface area contributed by atoms with E-state index in [1.165, 1.54) is 6.20 Å². The number of H-pyrrole nitrogens is 1. The van der Waals surface area contributed by atoms with Crippen LogP contribution >= 0.6 is 15.9 Å². The molecule has 4 nitrogen and oxygen atoms in total. The molecule has 0 aliphatic rings. The van der Waals surface area contributed by atoms with E-state index in [1.807, 2.05) is 0 Å². The second kappa shape index (κ2) is 5.70. The molecule has 16 heavy (non-hydrogen) atoms. The zero-order valence-electron chi connectivity index (χ0n) is 7.42. The number of rotatable bonds is 2. The Morgan fingerprint density at radius 1 is 1.62 bits per heavy atom. The number of carboxylic acid groups (broad SMARTS) is 1. The summed E-state index contributed by atoms with van der Waals surface area (Å²) >= 11 is 3.15. The van der Waals surface area contributed by atoms with Crippen molar-refractivity contribution in [3.63, 3.8) is 0 Å². The standard InChI is InChI=1S/C9H6BrFN2O2.K.H/c10-9-8-7(5(11)3-13-9)4(2-12-8)1-6(14)15;;/h2-3,12H,1H2,(H,14,15);;. The van der Waals surface area contributed by atoms with E-state index in [-0.39, 0.29) is 63.2 Å². The predicted octanol–water partition coefficient (Wildman–Crippen LogP) is 1.44. The number of pyridine rings is 1. The monoisotopic (exact) mass is 312 g/mol. The molecule has 0 radical (unpaired) electrons. The fourth-order valence-corrected chi connectivity index (χ4v) is 1.86. The van der Waals surface area contributed by atoms with Crippen molar-refractivity contribution in [2.75, 3.05) is 0 Å². The third-order valence-electron chi connectivity index (χ3n) is 2.04. The summed E-state index contributed by atoms with van der Waals surface area (Å²) in [5, 5.41) is 8.92. The maximum absolute atomic E-state index is 13.4. The molecule has 2 N–H and O–H groups in total. The molecule has 0 amide bonds. The number of hydrogen-bond donors (Lipinski definition) is 2. The number of carbonyl (C=O) groups is 1. The summed E-state index contributed by atoms with van der Waals surface area (Å²) in [6.45, 7) is 0. The van der Waals surface area contributed by atoms with Crippen LogP contribution in [0.4, 0.5) is 4.39 Å². The quantitative estimate of drug-likeness (QED) is 0.651. The molecular weight excluding hydrogens is 306 g/mol. The van der Waals surface area contributed by atoms with Crippen molar-refractivity contribution < 1.29 is 14.3 Å². The predicted molar refractivity (Wildman–Crippen MR) is 62.2 cm³/mol. The fourth-order valence-electron chi connectivity index (χ4n) is 1.44. The zero-order chi connectivity index (χ0) is 11.0. The molecule has 0 aliphatic carbocycles. The van der Waals surface area contributed by atoms with E-state index in [0.29, 0.717) is 15.7 Å². The van der Waals surface area contributed by atoms with Gasteiger partial charge in [-0.2, -0.15) is 0 Å². The van der Waals surface area contributed by atoms with Gasteiger partial charge in [0.1, 0.15) is 4.60 Å². The summed E-state index contributed by atoms with van der Waals surface area (Å²) in [6, 6.07) is 0. The Balaban J connectivity index is 0.00000128. The van der Waals surface area contributed by atoms with Crippen molar-refractivity contribution in [2.45, 2.75) is 6.42 Å². The molecule has 0 aliphatic heterocycles. The van der Waals surface area contributed by atoms with Gasteiger partial charge in [-0.05, 0) is 21.5 Å². The Morgan fingerprint density at radius 3 is 2.94 bits per heavy atom. The van der Waals surface area contributed by atoms with Gasteiger partial charge in [0.2, 0.25) is 0 Å². The number of aromatic nitrogens is 2. The summed E-state index contributed by atoms with van der Waals surface area (Å²) in [7, 11) is 0. The molecule has 0 saturated carbocycles. The Morgan fingerprint density at radius 2 is 2.31 bits per heavy atom. The zero-order valence-corrected chi connectivity index (χ0v) is 9.01. The molecule has 0 atom stereocenters. The SMILES string of the molecule is O=C(O)Cc1c[nH]c2c(Br)ncc(F)c12.[KH]. The van der Waals surface area contributed by atoms with Crippen LogP contribution in [0.25, 0.3) is 10.9 Å². The molecule has 0 saturated heterocycles. The van der Waals surface area contributed by atoms with Crippen molar-refractivity contribution in [2.24, 2.45) is 0 Å². The fraction of sp³-hybridized carbons (Fsp3) is 0.111. The van der Waals surface area contributed by atoms with Crippen LogP contribution in [-0.2, 0) is 11.2 Å². The summed E-state index contributed by atoms with van der Waals surface area (Å²) in [5.41, 5.74) is 0.893. The molecule has 0 aromatic carbocycles. The van der Waals surface area contributed by atoms with E-state index in [2.05, 4.69) is 25.9 Å². The third-order valence-corrected chi connectivity index (χ3v) is 2.64. The van der Waals surface area contributed by atoms with Crippen molar-refractivity contribution in [3.8, 4) is 0 Å². The first-order chi connectivity index (χ1) is 7.09. The van der Waals surface area contributed by atoms with Gasteiger partial charge in [-0.3, -0.25) is 4.79 Å². The Kier molecular flexibility index (Phi) is 5.08. The van der Waals surface area contributed by atoms with Gasteiger partial charge in [0, 0.05) is 11.6 Å². The topological polar surface area (TPSA) is 66.0 Å². The summed E-state index contributed by atoms with van der Waals surface area (Å²) < 4.78 is 13.9. The first-order valence-corrected chi connectivity index (χ1v) is 4.90. The van der Waals surface area contributed by atoms with Crippen LogP contribution in [0.1, 0.15) is 5.56 Å². The summed E-state index contributed by atoms with van der Waals surface area (Å²) in [5.74, 6) is -1.52. The van der Waals surface area contributed by atoms with E-state index in [0.717, 1.165) is 6.20 Å². The van der Waals surface area contributed by atoms with Gasteiger partial charge in [-0.25, -0.2) is 9.37 Å². The van der Waals surface area contributed by atoms with Crippen molar-refractivity contribution >= 4 is 84.2 Å². The molecule has 0 bridgehead atoms. The Labute approximate surface area is 141 Å². The maximum atomic E-state index is 13.4. The number of aromatic amines is 1. The van der Waals surface area contributed by atoms with Crippen LogP contribution in [-0.4, -0.2) is 72.4 Å². The van der Waals surface area contributed by atoms with Gasteiger partial charge in [0.15, 0.2) is 5.82 Å². The van der Waals surface area contributed by atoms with Gasteiger partial charge < -0.3 is 10.1 Å². The van der Waals surface area contributed by atoms with Gasteiger partial charge in [0.05, 0.1) is 18.1 Å². The molecule has 2 rings (SSSR count). The van der Waals surface area contributed by atoms with Crippen LogP contribution in [0.3, 0.4) is 0 Å². The van der Waals surface area contributed by atoms with Crippen LogP contribution in [0.5, 0.6) is 0 Å². The number of aliphatic carboxylic acids is 1. The number of hydrogen-bond acceptors (Lipinski definition) is 2. The minimum atomic E-state index is -0.997. The van der Waals surface area contributed by atoms with E-state index in [9.17, 15) is 9.18 Å². The van der Waals surface area contributed by atoms with Gasteiger partial charge in [0.25, 0.3) is 0 Å². The first kappa shape index (κ1) is 14.3. The molecule has 2 aromatic rings. The van der Waals surface area contributed by atoms with E-state index in [1.54, 1.807) is 0 Å². The van der Waals surface area contributed by atoms with Gasteiger partial charge in [-0.15, -0.1) is 0 Å². The molecule has 7 heteroatoms. The molecule has 80 valence electrons. The van der Waals surface area contributed by atoms with E-state index < -0.39 is 11.8 Å². The number of carboxylic acids is 1. The van der Waals surface area contributed by atoms with E-state index in [4.69, 9.17) is 5.11 Å². The van der Waals surface area contributed by atoms with Crippen LogP contribution in [0.2, 0.25) is 0 Å². The van der Waals surface area contributed by atoms with Crippen molar-refractivity contribution in [1.82, 2.24) is 9.97 Å². The van der Waals surface area contributed by atoms with E-state index >= 15 is 0 Å². The van der Waals surface area contributed by atoms with Crippen molar-refractivity contribution in [1.29, 1.82) is 0 Å². The second-order valence-electron chi connectivity index (χ2n) is 3.03. The molecule has 0 unspecified atom stereocenters.